The van der Waals surface area contributed by atoms with Gasteiger partial charge in [0.1, 0.15) is 5.65 Å². The number of anilines is 1. The molecular formula is C25H27F3N8O. The SMILES string of the molecule is FC(F)(F)c1ccc2ncc(-c3ccnc(N4CCN(CC5CCCOC5)C(c5cn[nH]c5)C4)n3)n2c1. The first-order valence-corrected chi connectivity index (χ1v) is 12.4. The van der Waals surface area contributed by atoms with E-state index in [2.05, 4.69) is 30.0 Å². The van der Waals surface area contributed by atoms with Crippen LogP contribution in [0.1, 0.15) is 30.0 Å². The van der Waals surface area contributed by atoms with Gasteiger partial charge in [0, 0.05) is 56.9 Å². The topological polar surface area (TPSA) is 87.5 Å². The van der Waals surface area contributed by atoms with E-state index in [1.54, 1.807) is 18.5 Å². The molecule has 194 valence electrons. The average Bonchev–Trinajstić information content (AvgIpc) is 3.59. The molecule has 2 aliphatic heterocycles. The molecule has 0 aliphatic carbocycles. The Kier molecular flexibility index (Phi) is 6.29. The fourth-order valence-corrected chi connectivity index (χ4v) is 5.24. The van der Waals surface area contributed by atoms with Crippen molar-refractivity contribution < 1.29 is 17.9 Å². The Hall–Kier alpha value is -3.51. The van der Waals surface area contributed by atoms with Gasteiger partial charge in [-0.05, 0) is 37.0 Å². The highest BCUT2D eigenvalue weighted by atomic mass is 19.4. The van der Waals surface area contributed by atoms with Crippen LogP contribution in [-0.2, 0) is 10.9 Å². The standard InChI is InChI=1S/C25H27F3N8O/c26-25(27,28)19-3-4-23-30-12-21(36(23)14-19)20-5-6-29-24(33-20)35-8-7-34(13-17-2-1-9-37-16-17)22(15-35)18-10-31-32-11-18/h3-6,10-12,14,17,22H,1-2,7-9,13,15-16H2,(H,31,32). The van der Waals surface area contributed by atoms with Gasteiger partial charge in [-0.15, -0.1) is 0 Å². The summed E-state index contributed by atoms with van der Waals surface area (Å²) in [5.74, 6) is 1.04. The van der Waals surface area contributed by atoms with E-state index in [9.17, 15) is 13.2 Å². The van der Waals surface area contributed by atoms with Gasteiger partial charge in [0.25, 0.3) is 0 Å². The third-order valence-corrected chi connectivity index (χ3v) is 7.16. The van der Waals surface area contributed by atoms with E-state index in [1.165, 1.54) is 16.9 Å². The summed E-state index contributed by atoms with van der Waals surface area (Å²) in [6.45, 7) is 4.81. The second-order valence-corrected chi connectivity index (χ2v) is 9.60. The number of nitrogens with zero attached hydrogens (tertiary/aromatic N) is 7. The quantitative estimate of drug-likeness (QED) is 0.435. The van der Waals surface area contributed by atoms with Gasteiger partial charge in [-0.25, -0.2) is 15.0 Å². The molecule has 0 radical (unpaired) electrons. The lowest BCUT2D eigenvalue weighted by atomic mass is 9.98. The minimum Gasteiger partial charge on any atom is -0.381 e. The zero-order valence-corrected chi connectivity index (χ0v) is 20.1. The maximum atomic E-state index is 13.3. The Labute approximate surface area is 211 Å². The van der Waals surface area contributed by atoms with Gasteiger partial charge in [0.15, 0.2) is 0 Å². The molecule has 6 heterocycles. The van der Waals surface area contributed by atoms with Crippen LogP contribution in [0.2, 0.25) is 0 Å². The van der Waals surface area contributed by atoms with Gasteiger partial charge in [-0.1, -0.05) is 0 Å². The van der Waals surface area contributed by atoms with Gasteiger partial charge in [0.05, 0.1) is 42.0 Å². The summed E-state index contributed by atoms with van der Waals surface area (Å²) < 4.78 is 47.1. The summed E-state index contributed by atoms with van der Waals surface area (Å²) in [6, 6.07) is 4.19. The van der Waals surface area contributed by atoms with Crippen molar-refractivity contribution in [1.82, 2.24) is 34.4 Å². The number of nitrogens with one attached hydrogen (secondary N) is 1. The number of rotatable bonds is 5. The van der Waals surface area contributed by atoms with Crippen molar-refractivity contribution in [2.45, 2.75) is 25.1 Å². The third-order valence-electron chi connectivity index (χ3n) is 7.16. The highest BCUT2D eigenvalue weighted by molar-refractivity contribution is 5.61. The van der Waals surface area contributed by atoms with Gasteiger partial charge < -0.3 is 9.64 Å². The minimum absolute atomic E-state index is 0.104. The first kappa shape index (κ1) is 23.9. The molecule has 0 amide bonds. The first-order chi connectivity index (χ1) is 18.0. The van der Waals surface area contributed by atoms with Gasteiger partial charge in [-0.2, -0.15) is 18.3 Å². The number of imidazole rings is 1. The maximum Gasteiger partial charge on any atom is 0.417 e. The van der Waals surface area contributed by atoms with Crippen molar-refractivity contribution in [3.63, 3.8) is 0 Å². The second-order valence-electron chi connectivity index (χ2n) is 9.60. The predicted octanol–water partition coefficient (Wildman–Crippen LogP) is 3.82. The van der Waals surface area contributed by atoms with Crippen molar-refractivity contribution in [2.24, 2.45) is 5.92 Å². The van der Waals surface area contributed by atoms with Crippen LogP contribution in [-0.4, -0.2) is 73.8 Å². The average molecular weight is 513 g/mol. The summed E-state index contributed by atoms with van der Waals surface area (Å²) in [5, 5.41) is 7.09. The zero-order chi connectivity index (χ0) is 25.4. The number of alkyl halides is 3. The lowest BCUT2D eigenvalue weighted by molar-refractivity contribution is -0.137. The molecule has 2 unspecified atom stereocenters. The van der Waals surface area contributed by atoms with Crippen LogP contribution in [0.5, 0.6) is 0 Å². The Bertz CT molecular complexity index is 1350. The highest BCUT2D eigenvalue weighted by Crippen LogP contribution is 2.32. The molecule has 12 heteroatoms. The Morgan fingerprint density at radius 3 is 2.81 bits per heavy atom. The number of hydrogen-bond acceptors (Lipinski definition) is 7. The number of pyridine rings is 1. The summed E-state index contributed by atoms with van der Waals surface area (Å²) in [6.07, 6.45) is 5.83. The van der Waals surface area contributed by atoms with Crippen molar-refractivity contribution in [3.05, 3.63) is 60.3 Å². The van der Waals surface area contributed by atoms with Crippen LogP contribution in [0, 0.1) is 5.92 Å². The fourth-order valence-electron chi connectivity index (χ4n) is 5.24. The Morgan fingerprint density at radius 2 is 2.03 bits per heavy atom. The van der Waals surface area contributed by atoms with Gasteiger partial charge in [0.2, 0.25) is 5.95 Å². The Balaban J connectivity index is 1.27. The van der Waals surface area contributed by atoms with Gasteiger partial charge in [-0.3, -0.25) is 14.4 Å². The summed E-state index contributed by atoms with van der Waals surface area (Å²) in [7, 11) is 0. The molecule has 4 aromatic heterocycles. The van der Waals surface area contributed by atoms with Crippen molar-refractivity contribution in [1.29, 1.82) is 0 Å². The van der Waals surface area contributed by atoms with E-state index in [-0.39, 0.29) is 6.04 Å². The van der Waals surface area contributed by atoms with Crippen molar-refractivity contribution >= 4 is 11.6 Å². The van der Waals surface area contributed by atoms with E-state index < -0.39 is 11.7 Å². The van der Waals surface area contributed by atoms with E-state index in [0.717, 1.165) is 57.1 Å². The van der Waals surface area contributed by atoms with Crippen LogP contribution < -0.4 is 4.90 Å². The van der Waals surface area contributed by atoms with Crippen molar-refractivity contribution in [3.8, 4) is 11.4 Å². The second kappa shape index (κ2) is 9.75. The van der Waals surface area contributed by atoms with E-state index in [0.29, 0.717) is 35.4 Å². The van der Waals surface area contributed by atoms with Crippen LogP contribution >= 0.6 is 0 Å². The van der Waals surface area contributed by atoms with Gasteiger partial charge >= 0.3 is 6.18 Å². The molecule has 2 saturated heterocycles. The molecule has 0 bridgehead atoms. The van der Waals surface area contributed by atoms with Crippen LogP contribution in [0.3, 0.4) is 0 Å². The molecule has 1 N–H and O–H groups in total. The smallest absolute Gasteiger partial charge is 0.381 e. The molecule has 2 atom stereocenters. The number of aromatic amines is 1. The highest BCUT2D eigenvalue weighted by Gasteiger charge is 2.33. The predicted molar refractivity (Wildman–Crippen MR) is 130 cm³/mol. The van der Waals surface area contributed by atoms with Crippen LogP contribution in [0.15, 0.2) is 49.2 Å². The molecule has 9 nitrogen and oxygen atoms in total. The number of hydrogen-bond donors (Lipinski definition) is 1. The lowest BCUT2D eigenvalue weighted by Gasteiger charge is -2.43. The monoisotopic (exact) mass is 512 g/mol. The number of fused-ring (bicyclic) bond motifs is 1. The molecule has 2 fully saturated rings. The summed E-state index contributed by atoms with van der Waals surface area (Å²) >= 11 is 0. The third kappa shape index (κ3) is 4.90. The van der Waals surface area contributed by atoms with Crippen molar-refractivity contribution in [2.75, 3.05) is 44.3 Å². The summed E-state index contributed by atoms with van der Waals surface area (Å²) in [4.78, 5) is 18.1. The molecule has 0 spiro atoms. The normalized spacial score (nSPS) is 21.5. The van der Waals surface area contributed by atoms with E-state index >= 15 is 0 Å². The number of ether oxygens (including phenoxy) is 1. The molecule has 6 rings (SSSR count). The number of H-pyrrole nitrogens is 1. The maximum absolute atomic E-state index is 13.3. The lowest BCUT2D eigenvalue weighted by Crippen LogP contribution is -2.50. The number of aromatic nitrogens is 6. The number of piperazine rings is 1. The largest absolute Gasteiger partial charge is 0.417 e. The Morgan fingerprint density at radius 1 is 1.11 bits per heavy atom. The zero-order valence-electron chi connectivity index (χ0n) is 20.1. The molecular weight excluding hydrogens is 485 g/mol. The van der Waals surface area contributed by atoms with Crippen LogP contribution in [0.25, 0.3) is 17.0 Å². The van der Waals surface area contributed by atoms with E-state index in [1.807, 2.05) is 12.4 Å². The molecule has 2 aliphatic rings. The minimum atomic E-state index is -4.45. The molecule has 4 aromatic rings. The molecule has 37 heavy (non-hydrogen) atoms. The molecule has 0 aromatic carbocycles. The van der Waals surface area contributed by atoms with E-state index in [4.69, 9.17) is 9.72 Å². The molecule has 0 saturated carbocycles. The van der Waals surface area contributed by atoms with Crippen LogP contribution in [0.4, 0.5) is 19.1 Å². The summed E-state index contributed by atoms with van der Waals surface area (Å²) in [5.41, 5.74) is 1.77. The fraction of sp³-hybridized carbons (Fsp3) is 0.440. The first-order valence-electron chi connectivity index (χ1n) is 12.4. The number of halogens is 3.